The summed E-state index contributed by atoms with van der Waals surface area (Å²) in [7, 11) is 0. The first-order chi connectivity index (χ1) is 8.62. The van der Waals surface area contributed by atoms with Gasteiger partial charge in [0.1, 0.15) is 5.60 Å². The summed E-state index contributed by atoms with van der Waals surface area (Å²) in [4.78, 5) is 23.5. The highest BCUT2D eigenvalue weighted by atomic mass is 16.4. The molecule has 4 nitrogen and oxygen atoms in total. The minimum Gasteiger partial charge on any atom is -0.478 e. The van der Waals surface area contributed by atoms with Crippen molar-refractivity contribution in [3.63, 3.8) is 0 Å². The molecule has 4 atom stereocenters. The van der Waals surface area contributed by atoms with Gasteiger partial charge in [-0.25, -0.2) is 4.79 Å². The molecule has 0 aliphatic heterocycles. The molecular formula is C15H20O4. The van der Waals surface area contributed by atoms with Gasteiger partial charge in [0.15, 0.2) is 5.78 Å². The third-order valence-corrected chi connectivity index (χ3v) is 5.67. The summed E-state index contributed by atoms with van der Waals surface area (Å²) in [6.07, 6.45) is 3.52. The maximum absolute atomic E-state index is 12.2. The number of allylic oxidation sites excluding steroid dienone is 1. The first-order valence-corrected chi connectivity index (χ1v) is 6.82. The molecule has 4 heteroatoms. The van der Waals surface area contributed by atoms with Crippen molar-refractivity contribution >= 4 is 11.8 Å². The fraction of sp³-hybridized carbons (Fsp3) is 0.733. The number of hydrogen-bond acceptors (Lipinski definition) is 3. The smallest absolute Gasteiger partial charge is 0.331 e. The zero-order chi connectivity index (χ0) is 14.2. The Morgan fingerprint density at radius 3 is 2.58 bits per heavy atom. The molecule has 3 rings (SSSR count). The number of carbonyl (C=O) groups excluding carboxylic acids is 1. The van der Waals surface area contributed by atoms with Gasteiger partial charge in [-0.3, -0.25) is 4.79 Å². The molecule has 2 fully saturated rings. The summed E-state index contributed by atoms with van der Waals surface area (Å²) in [6, 6.07) is 0. The van der Waals surface area contributed by atoms with E-state index in [0.717, 1.165) is 6.42 Å². The Hall–Kier alpha value is -1.16. The van der Waals surface area contributed by atoms with Gasteiger partial charge in [-0.2, -0.15) is 0 Å². The highest BCUT2D eigenvalue weighted by molar-refractivity contribution is 5.97. The van der Waals surface area contributed by atoms with Crippen LogP contribution >= 0.6 is 0 Å². The summed E-state index contributed by atoms with van der Waals surface area (Å²) < 4.78 is 0. The molecule has 0 unspecified atom stereocenters. The minimum absolute atomic E-state index is 0.0000463. The van der Waals surface area contributed by atoms with Crippen molar-refractivity contribution in [3.05, 3.63) is 11.6 Å². The molecule has 0 aromatic rings. The molecular weight excluding hydrogens is 244 g/mol. The normalized spacial score (nSPS) is 46.9. The summed E-state index contributed by atoms with van der Waals surface area (Å²) >= 11 is 0. The van der Waals surface area contributed by atoms with Crippen LogP contribution in [-0.2, 0) is 9.59 Å². The van der Waals surface area contributed by atoms with E-state index in [4.69, 9.17) is 0 Å². The number of rotatable bonds is 1. The van der Waals surface area contributed by atoms with Gasteiger partial charge in [-0.1, -0.05) is 19.9 Å². The molecule has 104 valence electrons. The van der Waals surface area contributed by atoms with E-state index in [1.54, 1.807) is 6.92 Å². The Morgan fingerprint density at radius 1 is 1.37 bits per heavy atom. The lowest BCUT2D eigenvalue weighted by Gasteiger charge is -2.40. The van der Waals surface area contributed by atoms with Crippen LogP contribution in [0.3, 0.4) is 0 Å². The van der Waals surface area contributed by atoms with Crippen LogP contribution in [0.4, 0.5) is 0 Å². The van der Waals surface area contributed by atoms with Gasteiger partial charge in [0.25, 0.3) is 0 Å². The zero-order valence-corrected chi connectivity index (χ0v) is 11.6. The van der Waals surface area contributed by atoms with Crippen LogP contribution < -0.4 is 0 Å². The van der Waals surface area contributed by atoms with Gasteiger partial charge in [-0.15, -0.1) is 0 Å². The number of carboxylic acid groups (broad SMARTS) is 1. The van der Waals surface area contributed by atoms with Crippen LogP contribution in [0.25, 0.3) is 0 Å². The van der Waals surface area contributed by atoms with Crippen LogP contribution in [0.2, 0.25) is 0 Å². The van der Waals surface area contributed by atoms with Crippen LogP contribution in [-0.4, -0.2) is 27.6 Å². The van der Waals surface area contributed by atoms with Crippen LogP contribution in [0, 0.1) is 22.7 Å². The predicted molar refractivity (Wildman–Crippen MR) is 68.4 cm³/mol. The zero-order valence-electron chi connectivity index (χ0n) is 11.6. The second kappa shape index (κ2) is 3.29. The summed E-state index contributed by atoms with van der Waals surface area (Å²) in [5.74, 6) is -1.46. The number of carboxylic acids is 1. The van der Waals surface area contributed by atoms with E-state index in [1.165, 1.54) is 0 Å². The number of aliphatic carboxylic acids is 1. The molecule has 2 N–H and O–H groups in total. The van der Waals surface area contributed by atoms with Gasteiger partial charge in [0.2, 0.25) is 0 Å². The van der Waals surface area contributed by atoms with Crippen molar-refractivity contribution < 1.29 is 19.8 Å². The van der Waals surface area contributed by atoms with E-state index in [-0.39, 0.29) is 29.5 Å². The molecule has 19 heavy (non-hydrogen) atoms. The molecule has 0 bridgehead atoms. The van der Waals surface area contributed by atoms with Gasteiger partial charge >= 0.3 is 5.97 Å². The maximum Gasteiger partial charge on any atom is 0.331 e. The highest BCUT2D eigenvalue weighted by Crippen LogP contribution is 2.70. The van der Waals surface area contributed by atoms with E-state index in [2.05, 4.69) is 13.8 Å². The van der Waals surface area contributed by atoms with Gasteiger partial charge in [0.05, 0.1) is 0 Å². The SMILES string of the molecule is CC1(C)C[C@H]2C=C(C(=O)O)[C@@H]3CC(=O)[C@@](C)(O)[C@]23C1. The Balaban J connectivity index is 2.17. The van der Waals surface area contributed by atoms with Crippen molar-refractivity contribution in [2.75, 3.05) is 0 Å². The number of Topliss-reactive ketones (excluding diaryl/α,β-unsaturated/α-hetero) is 1. The maximum atomic E-state index is 12.2. The van der Waals surface area contributed by atoms with Crippen molar-refractivity contribution in [1.29, 1.82) is 0 Å². The predicted octanol–water partition coefficient (Wildman–Crippen LogP) is 1.77. The molecule has 0 aromatic carbocycles. The third-order valence-electron chi connectivity index (χ3n) is 5.67. The summed E-state index contributed by atoms with van der Waals surface area (Å²) in [6.45, 7) is 5.84. The Morgan fingerprint density at radius 2 is 2.00 bits per heavy atom. The van der Waals surface area contributed by atoms with E-state index in [9.17, 15) is 19.8 Å². The second-order valence-electron chi connectivity index (χ2n) is 7.37. The Labute approximate surface area is 112 Å². The third kappa shape index (κ3) is 1.33. The van der Waals surface area contributed by atoms with E-state index < -0.39 is 17.0 Å². The van der Waals surface area contributed by atoms with Crippen LogP contribution in [0.1, 0.15) is 40.0 Å². The number of ketones is 1. The van der Waals surface area contributed by atoms with E-state index in [0.29, 0.717) is 12.0 Å². The Bertz CT molecular complexity index is 514. The van der Waals surface area contributed by atoms with Crippen molar-refractivity contribution in [2.45, 2.75) is 45.6 Å². The largest absolute Gasteiger partial charge is 0.478 e. The van der Waals surface area contributed by atoms with E-state index in [1.807, 2.05) is 6.08 Å². The number of hydrogen-bond donors (Lipinski definition) is 2. The lowest BCUT2D eigenvalue weighted by molar-refractivity contribution is -0.144. The molecule has 0 heterocycles. The average Bonchev–Trinajstić information content (AvgIpc) is 2.74. The summed E-state index contributed by atoms with van der Waals surface area (Å²) in [5, 5.41) is 20.1. The fourth-order valence-electron chi connectivity index (χ4n) is 5.00. The molecule has 0 aromatic heterocycles. The standard InChI is InChI=1S/C15H20O4/c1-13(2)6-8-4-9(12(17)18)10-5-11(16)14(3,19)15(8,10)7-13/h4,8,10,19H,5-7H2,1-3H3,(H,17,18)/t8-,10+,14-,15-/m1/s1. The molecule has 3 aliphatic rings. The van der Waals surface area contributed by atoms with Crippen molar-refractivity contribution in [2.24, 2.45) is 22.7 Å². The molecule has 2 saturated carbocycles. The van der Waals surface area contributed by atoms with Crippen molar-refractivity contribution in [1.82, 2.24) is 0 Å². The van der Waals surface area contributed by atoms with Crippen LogP contribution in [0.5, 0.6) is 0 Å². The van der Waals surface area contributed by atoms with Gasteiger partial charge in [-0.05, 0) is 31.1 Å². The average molecular weight is 264 g/mol. The van der Waals surface area contributed by atoms with Crippen LogP contribution in [0.15, 0.2) is 11.6 Å². The molecule has 0 saturated heterocycles. The first kappa shape index (κ1) is 12.9. The Kier molecular flexibility index (Phi) is 2.23. The second-order valence-corrected chi connectivity index (χ2v) is 7.37. The molecule has 0 radical (unpaired) electrons. The molecule has 1 spiro atoms. The highest BCUT2D eigenvalue weighted by Gasteiger charge is 2.72. The topological polar surface area (TPSA) is 74.6 Å². The van der Waals surface area contributed by atoms with Gasteiger partial charge < -0.3 is 10.2 Å². The minimum atomic E-state index is -1.40. The quantitative estimate of drug-likeness (QED) is 0.757. The summed E-state index contributed by atoms with van der Waals surface area (Å²) in [5.41, 5.74) is -1.62. The lowest BCUT2D eigenvalue weighted by atomic mass is 9.65. The fourth-order valence-corrected chi connectivity index (χ4v) is 5.00. The number of carbonyl (C=O) groups is 2. The van der Waals surface area contributed by atoms with Gasteiger partial charge in [0, 0.05) is 23.3 Å². The monoisotopic (exact) mass is 264 g/mol. The molecule has 3 aliphatic carbocycles. The van der Waals surface area contributed by atoms with E-state index >= 15 is 0 Å². The number of aliphatic hydroxyl groups is 1. The lowest BCUT2D eigenvalue weighted by Crippen LogP contribution is -2.49. The van der Waals surface area contributed by atoms with Crippen molar-refractivity contribution in [3.8, 4) is 0 Å². The first-order valence-electron chi connectivity index (χ1n) is 6.82. The molecule has 0 amide bonds.